The molecule has 0 aliphatic carbocycles. The molecule has 3 N–H and O–H groups in total. The summed E-state index contributed by atoms with van der Waals surface area (Å²) in [5, 5.41) is 2.87. The van der Waals surface area contributed by atoms with E-state index in [1.807, 2.05) is 35.8 Å². The lowest BCUT2D eigenvalue weighted by Gasteiger charge is -2.11. The van der Waals surface area contributed by atoms with E-state index in [9.17, 15) is 4.79 Å². The van der Waals surface area contributed by atoms with Gasteiger partial charge in [0.2, 0.25) is 11.9 Å². The van der Waals surface area contributed by atoms with Crippen molar-refractivity contribution in [3.05, 3.63) is 24.3 Å². The van der Waals surface area contributed by atoms with Crippen molar-refractivity contribution in [3.8, 4) is 0 Å². The Balaban J connectivity index is 2.36. The summed E-state index contributed by atoms with van der Waals surface area (Å²) in [6.45, 7) is 5.07. The highest BCUT2D eigenvalue weighted by Crippen LogP contribution is 2.20. The van der Waals surface area contributed by atoms with Crippen LogP contribution in [-0.2, 0) is 11.3 Å². The third-order valence-electron chi connectivity index (χ3n) is 3.14. The van der Waals surface area contributed by atoms with E-state index in [1.54, 1.807) is 0 Å². The van der Waals surface area contributed by atoms with E-state index in [1.165, 1.54) is 0 Å². The Labute approximate surface area is 112 Å². The number of hydrogen-bond acceptors (Lipinski definition) is 3. The van der Waals surface area contributed by atoms with Crippen molar-refractivity contribution in [2.75, 3.05) is 11.9 Å². The number of nitrogens with zero attached hydrogens (tertiary/aromatic N) is 2. The van der Waals surface area contributed by atoms with Crippen LogP contribution in [0.25, 0.3) is 11.0 Å². The largest absolute Gasteiger partial charge is 0.330 e. The SMILES string of the molecule is CCCn1c(NC(=O)C(C)CN)nc2ccccc21. The number of fused-ring (bicyclic) bond motifs is 1. The van der Waals surface area contributed by atoms with Gasteiger partial charge in [-0.15, -0.1) is 0 Å². The van der Waals surface area contributed by atoms with Gasteiger partial charge in [-0.05, 0) is 18.6 Å². The molecule has 0 bridgehead atoms. The molecule has 1 amide bonds. The van der Waals surface area contributed by atoms with Gasteiger partial charge in [-0.3, -0.25) is 10.1 Å². The number of amides is 1. The number of aromatic nitrogens is 2. The highest BCUT2D eigenvalue weighted by Gasteiger charge is 2.16. The smallest absolute Gasteiger partial charge is 0.230 e. The van der Waals surface area contributed by atoms with Crippen molar-refractivity contribution in [1.82, 2.24) is 9.55 Å². The second kappa shape index (κ2) is 5.84. The van der Waals surface area contributed by atoms with E-state index >= 15 is 0 Å². The zero-order valence-electron chi connectivity index (χ0n) is 11.4. The third kappa shape index (κ3) is 2.76. The second-order valence-electron chi connectivity index (χ2n) is 4.70. The van der Waals surface area contributed by atoms with Crippen LogP contribution >= 0.6 is 0 Å². The molecule has 0 radical (unpaired) electrons. The van der Waals surface area contributed by atoms with Crippen LogP contribution in [0.5, 0.6) is 0 Å². The molecule has 1 unspecified atom stereocenters. The molecule has 0 spiro atoms. The summed E-state index contributed by atoms with van der Waals surface area (Å²) in [7, 11) is 0. The van der Waals surface area contributed by atoms with Crippen LogP contribution in [0.3, 0.4) is 0 Å². The van der Waals surface area contributed by atoms with Gasteiger partial charge in [0, 0.05) is 19.0 Å². The van der Waals surface area contributed by atoms with Crippen LogP contribution < -0.4 is 11.1 Å². The first kappa shape index (κ1) is 13.5. The van der Waals surface area contributed by atoms with Crippen molar-refractivity contribution >= 4 is 22.9 Å². The Kier molecular flexibility index (Phi) is 4.16. The predicted octanol–water partition coefficient (Wildman–Crippen LogP) is 1.98. The fraction of sp³-hybridized carbons (Fsp3) is 0.429. The van der Waals surface area contributed by atoms with Gasteiger partial charge in [0.15, 0.2) is 0 Å². The van der Waals surface area contributed by atoms with Gasteiger partial charge in [-0.1, -0.05) is 26.0 Å². The minimum absolute atomic E-state index is 0.0878. The Bertz CT molecular complexity index is 576. The van der Waals surface area contributed by atoms with E-state index in [4.69, 9.17) is 5.73 Å². The van der Waals surface area contributed by atoms with Crippen molar-refractivity contribution in [2.24, 2.45) is 11.7 Å². The minimum Gasteiger partial charge on any atom is -0.330 e. The maximum atomic E-state index is 11.9. The average molecular weight is 260 g/mol. The molecule has 0 aliphatic rings. The van der Waals surface area contributed by atoms with E-state index in [0.717, 1.165) is 24.0 Å². The van der Waals surface area contributed by atoms with Crippen LogP contribution in [0.15, 0.2) is 24.3 Å². The Morgan fingerprint density at radius 2 is 2.21 bits per heavy atom. The van der Waals surface area contributed by atoms with Gasteiger partial charge in [0.1, 0.15) is 0 Å². The summed E-state index contributed by atoms with van der Waals surface area (Å²) in [5.74, 6) is 0.304. The fourth-order valence-corrected chi connectivity index (χ4v) is 1.96. The third-order valence-corrected chi connectivity index (χ3v) is 3.14. The molecule has 0 saturated carbocycles. The summed E-state index contributed by atoms with van der Waals surface area (Å²) >= 11 is 0. The van der Waals surface area contributed by atoms with Crippen LogP contribution in [0.1, 0.15) is 20.3 Å². The maximum Gasteiger partial charge on any atom is 0.230 e. The number of para-hydroxylation sites is 2. The normalized spacial score (nSPS) is 12.6. The zero-order chi connectivity index (χ0) is 13.8. The second-order valence-corrected chi connectivity index (χ2v) is 4.70. The number of anilines is 1. The van der Waals surface area contributed by atoms with E-state index in [2.05, 4.69) is 17.2 Å². The summed E-state index contributed by atoms with van der Waals surface area (Å²) in [4.78, 5) is 16.4. The number of carbonyl (C=O) groups is 1. The van der Waals surface area contributed by atoms with Gasteiger partial charge in [0.25, 0.3) is 0 Å². The Morgan fingerprint density at radius 3 is 2.89 bits per heavy atom. The summed E-state index contributed by atoms with van der Waals surface area (Å²) in [6, 6.07) is 7.88. The molecule has 0 fully saturated rings. The molecule has 1 aromatic heterocycles. The summed E-state index contributed by atoms with van der Waals surface area (Å²) in [6.07, 6.45) is 0.982. The molecule has 2 rings (SSSR count). The first-order chi connectivity index (χ1) is 9.17. The van der Waals surface area contributed by atoms with Gasteiger partial charge in [-0.25, -0.2) is 4.98 Å². The van der Waals surface area contributed by atoms with Crippen molar-refractivity contribution < 1.29 is 4.79 Å². The highest BCUT2D eigenvalue weighted by atomic mass is 16.2. The van der Waals surface area contributed by atoms with Gasteiger partial charge >= 0.3 is 0 Å². The predicted molar refractivity (Wildman–Crippen MR) is 76.9 cm³/mol. The lowest BCUT2D eigenvalue weighted by molar-refractivity contribution is -0.119. The number of aryl methyl sites for hydroxylation is 1. The standard InChI is InChI=1S/C14H20N4O/c1-3-8-18-12-7-5-4-6-11(12)16-14(18)17-13(19)10(2)9-15/h4-7,10H,3,8-9,15H2,1-2H3,(H,16,17,19). The molecule has 1 heterocycles. The van der Waals surface area contributed by atoms with Crippen LogP contribution in [0, 0.1) is 5.92 Å². The average Bonchev–Trinajstić information content (AvgIpc) is 2.76. The number of nitrogens with one attached hydrogen (secondary N) is 1. The molecule has 19 heavy (non-hydrogen) atoms. The molecular weight excluding hydrogens is 240 g/mol. The molecule has 102 valence electrons. The molecule has 2 aromatic rings. The molecule has 0 saturated heterocycles. The number of rotatable bonds is 5. The number of benzene rings is 1. The fourth-order valence-electron chi connectivity index (χ4n) is 1.96. The molecular formula is C14H20N4O. The summed E-state index contributed by atoms with van der Waals surface area (Å²) < 4.78 is 2.04. The van der Waals surface area contributed by atoms with Crippen LogP contribution in [0.4, 0.5) is 5.95 Å². The van der Waals surface area contributed by atoms with Crippen LogP contribution in [-0.4, -0.2) is 22.0 Å². The Hall–Kier alpha value is -1.88. The Morgan fingerprint density at radius 1 is 1.47 bits per heavy atom. The molecule has 0 aliphatic heterocycles. The van der Waals surface area contributed by atoms with Gasteiger partial charge in [-0.2, -0.15) is 0 Å². The number of imidazole rings is 1. The lowest BCUT2D eigenvalue weighted by atomic mass is 10.2. The molecule has 1 aromatic carbocycles. The van der Waals surface area contributed by atoms with Crippen LogP contribution in [0.2, 0.25) is 0 Å². The lowest BCUT2D eigenvalue weighted by Crippen LogP contribution is -2.28. The number of nitrogens with two attached hydrogens (primary N) is 1. The number of carbonyl (C=O) groups excluding carboxylic acids is 1. The number of hydrogen-bond donors (Lipinski definition) is 2. The van der Waals surface area contributed by atoms with Gasteiger partial charge in [0.05, 0.1) is 11.0 Å². The highest BCUT2D eigenvalue weighted by molar-refractivity contribution is 5.93. The summed E-state index contributed by atoms with van der Waals surface area (Å²) in [5.41, 5.74) is 7.45. The monoisotopic (exact) mass is 260 g/mol. The van der Waals surface area contributed by atoms with Gasteiger partial charge < -0.3 is 10.3 Å². The quantitative estimate of drug-likeness (QED) is 0.863. The molecule has 5 heteroatoms. The van der Waals surface area contributed by atoms with Crippen molar-refractivity contribution in [3.63, 3.8) is 0 Å². The topological polar surface area (TPSA) is 72.9 Å². The maximum absolute atomic E-state index is 11.9. The molecule has 1 atom stereocenters. The first-order valence-electron chi connectivity index (χ1n) is 6.63. The van der Waals surface area contributed by atoms with E-state index in [0.29, 0.717) is 12.5 Å². The van der Waals surface area contributed by atoms with Crippen molar-refractivity contribution in [2.45, 2.75) is 26.8 Å². The van der Waals surface area contributed by atoms with Crippen molar-refractivity contribution in [1.29, 1.82) is 0 Å². The first-order valence-corrected chi connectivity index (χ1v) is 6.63. The minimum atomic E-state index is -0.213. The van der Waals surface area contributed by atoms with E-state index in [-0.39, 0.29) is 11.8 Å². The van der Waals surface area contributed by atoms with E-state index < -0.39 is 0 Å². The molecule has 5 nitrogen and oxygen atoms in total. The zero-order valence-corrected chi connectivity index (χ0v) is 11.4.